The molecule has 0 unspecified atom stereocenters. The number of aromatic carboxylic acids is 1. The lowest BCUT2D eigenvalue weighted by Gasteiger charge is -2.32. The van der Waals surface area contributed by atoms with Gasteiger partial charge in [0, 0.05) is 13.6 Å². The number of carbonyl (C=O) groups is 1. The molecule has 1 aliphatic rings. The highest BCUT2D eigenvalue weighted by Crippen LogP contribution is 2.26. The average molecular weight is 298 g/mol. The van der Waals surface area contributed by atoms with E-state index in [9.17, 15) is 13.6 Å². The summed E-state index contributed by atoms with van der Waals surface area (Å²) in [5.41, 5.74) is -0.527. The van der Waals surface area contributed by atoms with Gasteiger partial charge in [0.05, 0.1) is 5.56 Å². The van der Waals surface area contributed by atoms with E-state index >= 15 is 0 Å². The average Bonchev–Trinajstić information content (AvgIpc) is 2.40. The predicted octanol–water partition coefficient (Wildman–Crippen LogP) is 2.44. The summed E-state index contributed by atoms with van der Waals surface area (Å²) in [5.74, 6) is -2.60. The monoisotopic (exact) mass is 298 g/mol. The second-order valence-corrected chi connectivity index (χ2v) is 5.72. The summed E-state index contributed by atoms with van der Waals surface area (Å²) in [6.45, 7) is 2.54. The van der Waals surface area contributed by atoms with Crippen molar-refractivity contribution in [1.82, 2.24) is 4.90 Å². The Balaban J connectivity index is 2.12. The molecule has 0 aromatic heterocycles. The first-order valence-corrected chi connectivity index (χ1v) is 7.00. The number of benzene rings is 1. The fourth-order valence-electron chi connectivity index (χ4n) is 2.78. The molecule has 2 rings (SSSR count). The first kappa shape index (κ1) is 15.7. The van der Waals surface area contributed by atoms with E-state index in [-0.39, 0.29) is 11.3 Å². The third-order valence-electron chi connectivity index (χ3n) is 4.02. The minimum atomic E-state index is -1.34. The van der Waals surface area contributed by atoms with Crippen molar-refractivity contribution in [2.24, 2.45) is 5.92 Å². The van der Waals surface area contributed by atoms with Crippen molar-refractivity contribution in [2.45, 2.75) is 12.8 Å². The lowest BCUT2D eigenvalue weighted by molar-refractivity contribution is 0.0695. The smallest absolute Gasteiger partial charge is 0.335 e. The van der Waals surface area contributed by atoms with Crippen LogP contribution in [0.5, 0.6) is 0 Å². The maximum Gasteiger partial charge on any atom is 0.335 e. The number of halogens is 2. The highest BCUT2D eigenvalue weighted by Gasteiger charge is 2.22. The van der Waals surface area contributed by atoms with E-state index < -0.39 is 17.6 Å². The lowest BCUT2D eigenvalue weighted by Crippen LogP contribution is -2.36. The molecule has 1 aromatic rings. The maximum absolute atomic E-state index is 14.0. The second-order valence-electron chi connectivity index (χ2n) is 5.72. The largest absolute Gasteiger partial charge is 0.478 e. The summed E-state index contributed by atoms with van der Waals surface area (Å²) in [6.07, 6.45) is 1.99. The summed E-state index contributed by atoms with van der Waals surface area (Å²) >= 11 is 0. The molecule has 6 heteroatoms. The SMILES string of the molecule is CN1CCC(CN(C)c2c(F)cc(C(=O)O)cc2F)CC1. The maximum atomic E-state index is 14.0. The molecule has 0 radical (unpaired) electrons. The fourth-order valence-corrected chi connectivity index (χ4v) is 2.78. The minimum absolute atomic E-state index is 0.154. The molecule has 21 heavy (non-hydrogen) atoms. The van der Waals surface area contributed by atoms with Gasteiger partial charge >= 0.3 is 5.97 Å². The van der Waals surface area contributed by atoms with Gasteiger partial charge in [-0.3, -0.25) is 0 Å². The number of likely N-dealkylation sites (tertiary alicyclic amines) is 1. The van der Waals surface area contributed by atoms with Crippen LogP contribution in [-0.2, 0) is 0 Å². The topological polar surface area (TPSA) is 43.8 Å². The van der Waals surface area contributed by atoms with Gasteiger partial charge in [-0.1, -0.05) is 0 Å². The van der Waals surface area contributed by atoms with E-state index in [2.05, 4.69) is 11.9 Å². The molecule has 0 atom stereocenters. The molecular formula is C15H20F2N2O2. The van der Waals surface area contributed by atoms with Gasteiger partial charge in [0.2, 0.25) is 0 Å². The van der Waals surface area contributed by atoms with E-state index in [0.717, 1.165) is 38.1 Å². The van der Waals surface area contributed by atoms with Gasteiger partial charge in [0.1, 0.15) is 17.3 Å². The van der Waals surface area contributed by atoms with Gasteiger partial charge < -0.3 is 14.9 Å². The van der Waals surface area contributed by atoms with Crippen LogP contribution in [0.15, 0.2) is 12.1 Å². The standard InChI is InChI=1S/C15H20F2N2O2/c1-18-5-3-10(4-6-18)9-19(2)14-12(16)7-11(15(20)21)8-13(14)17/h7-8,10H,3-6,9H2,1-2H3,(H,20,21). The van der Waals surface area contributed by atoms with Gasteiger partial charge in [0.25, 0.3) is 0 Å². The molecule has 0 aliphatic carbocycles. The van der Waals surface area contributed by atoms with Crippen LogP contribution in [0.2, 0.25) is 0 Å². The molecule has 0 spiro atoms. The van der Waals surface area contributed by atoms with Crippen molar-refractivity contribution in [2.75, 3.05) is 38.6 Å². The number of rotatable bonds is 4. The molecule has 0 bridgehead atoms. The molecule has 1 fully saturated rings. The van der Waals surface area contributed by atoms with Crippen LogP contribution in [0.1, 0.15) is 23.2 Å². The van der Waals surface area contributed by atoms with Crippen molar-refractivity contribution in [3.63, 3.8) is 0 Å². The number of carboxylic acids is 1. The number of piperidine rings is 1. The molecule has 1 N–H and O–H groups in total. The molecule has 116 valence electrons. The Kier molecular flexibility index (Phi) is 4.77. The number of nitrogens with zero attached hydrogens (tertiary/aromatic N) is 2. The van der Waals surface area contributed by atoms with E-state index in [4.69, 9.17) is 5.11 Å². The van der Waals surface area contributed by atoms with Crippen molar-refractivity contribution in [3.8, 4) is 0 Å². The molecule has 0 amide bonds. The number of anilines is 1. The van der Waals surface area contributed by atoms with E-state index in [1.165, 1.54) is 0 Å². The quantitative estimate of drug-likeness (QED) is 0.927. The van der Waals surface area contributed by atoms with Crippen molar-refractivity contribution < 1.29 is 18.7 Å². The third kappa shape index (κ3) is 3.69. The summed E-state index contributed by atoms with van der Waals surface area (Å²) in [7, 11) is 3.70. The van der Waals surface area contributed by atoms with Gasteiger partial charge in [0.15, 0.2) is 0 Å². The second kappa shape index (κ2) is 6.39. The number of carboxylic acid groups (broad SMARTS) is 1. The summed E-state index contributed by atoms with van der Waals surface area (Å²) in [4.78, 5) is 14.6. The minimum Gasteiger partial charge on any atom is -0.478 e. The van der Waals surface area contributed by atoms with Gasteiger partial charge in [-0.25, -0.2) is 13.6 Å². The molecule has 4 nitrogen and oxygen atoms in total. The Labute approximate surface area is 123 Å². The number of hydrogen-bond acceptors (Lipinski definition) is 3. The van der Waals surface area contributed by atoms with Gasteiger partial charge in [-0.05, 0) is 51.0 Å². The van der Waals surface area contributed by atoms with Crippen LogP contribution in [0.25, 0.3) is 0 Å². The zero-order valence-electron chi connectivity index (χ0n) is 12.3. The molecular weight excluding hydrogens is 278 g/mol. The van der Waals surface area contributed by atoms with Crippen molar-refractivity contribution >= 4 is 11.7 Å². The zero-order valence-corrected chi connectivity index (χ0v) is 12.3. The van der Waals surface area contributed by atoms with E-state index in [0.29, 0.717) is 12.5 Å². The Bertz CT molecular complexity index is 505. The molecule has 0 saturated carbocycles. The summed E-state index contributed by atoms with van der Waals surface area (Å²) < 4.78 is 28.0. The lowest BCUT2D eigenvalue weighted by atomic mass is 9.96. The highest BCUT2D eigenvalue weighted by atomic mass is 19.1. The summed E-state index contributed by atoms with van der Waals surface area (Å²) in [5, 5.41) is 8.80. The van der Waals surface area contributed by atoms with Crippen LogP contribution in [0.4, 0.5) is 14.5 Å². The Morgan fingerprint density at radius 3 is 2.33 bits per heavy atom. The Morgan fingerprint density at radius 1 is 1.33 bits per heavy atom. The normalized spacial score (nSPS) is 17.0. The van der Waals surface area contributed by atoms with Crippen LogP contribution in [0, 0.1) is 17.6 Å². The Morgan fingerprint density at radius 2 is 1.86 bits per heavy atom. The van der Waals surface area contributed by atoms with E-state index in [1.807, 2.05) is 0 Å². The van der Waals surface area contributed by atoms with Crippen LogP contribution >= 0.6 is 0 Å². The van der Waals surface area contributed by atoms with Crippen LogP contribution in [-0.4, -0.2) is 49.7 Å². The fraction of sp³-hybridized carbons (Fsp3) is 0.533. The summed E-state index contributed by atoms with van der Waals surface area (Å²) in [6, 6.07) is 1.73. The van der Waals surface area contributed by atoms with Crippen LogP contribution in [0.3, 0.4) is 0 Å². The van der Waals surface area contributed by atoms with Crippen molar-refractivity contribution in [3.05, 3.63) is 29.3 Å². The van der Waals surface area contributed by atoms with Gasteiger partial charge in [-0.2, -0.15) is 0 Å². The molecule has 1 saturated heterocycles. The molecule has 1 aliphatic heterocycles. The highest BCUT2D eigenvalue weighted by molar-refractivity contribution is 5.88. The first-order valence-electron chi connectivity index (χ1n) is 7.00. The molecule has 1 aromatic carbocycles. The first-order chi connectivity index (χ1) is 9.88. The molecule has 1 heterocycles. The number of hydrogen-bond donors (Lipinski definition) is 1. The predicted molar refractivity (Wildman–Crippen MR) is 76.8 cm³/mol. The van der Waals surface area contributed by atoms with Crippen molar-refractivity contribution in [1.29, 1.82) is 0 Å². The third-order valence-corrected chi connectivity index (χ3v) is 4.02. The van der Waals surface area contributed by atoms with E-state index in [1.54, 1.807) is 11.9 Å². The zero-order chi connectivity index (χ0) is 15.6. The van der Waals surface area contributed by atoms with Gasteiger partial charge in [-0.15, -0.1) is 0 Å². The van der Waals surface area contributed by atoms with Crippen LogP contribution < -0.4 is 4.90 Å². The Hall–Kier alpha value is -1.69.